The molecule has 0 radical (unpaired) electrons. The number of aromatic nitrogens is 2. The van der Waals surface area contributed by atoms with Gasteiger partial charge in [-0.05, 0) is 23.8 Å². The monoisotopic (exact) mass is 283 g/mol. The lowest BCUT2D eigenvalue weighted by molar-refractivity contribution is 0.420. The lowest BCUT2D eigenvalue weighted by Crippen LogP contribution is -2.30. The van der Waals surface area contributed by atoms with Crippen molar-refractivity contribution < 1.29 is 12.8 Å². The molecule has 1 N–H and O–H groups in total. The maximum atomic E-state index is 13.1. The minimum Gasteiger partial charge on any atom is -0.266 e. The summed E-state index contributed by atoms with van der Waals surface area (Å²) in [5.74, 6) is -0.382. The molecule has 2 rings (SSSR count). The largest absolute Gasteiger partial charge is 0.266 e. The number of aromatic amines is 1. The third kappa shape index (κ3) is 2.99. The zero-order chi connectivity index (χ0) is 13.9. The number of benzene rings is 1. The quantitative estimate of drug-likeness (QED) is 0.909. The van der Waals surface area contributed by atoms with Gasteiger partial charge in [0.2, 0.25) is 0 Å². The first-order valence-electron chi connectivity index (χ1n) is 5.78. The molecule has 0 atom stereocenters. The van der Waals surface area contributed by atoms with Crippen LogP contribution >= 0.6 is 0 Å². The van der Waals surface area contributed by atoms with E-state index in [4.69, 9.17) is 0 Å². The smallest absolute Gasteiger partial charge is 0.260 e. The first kappa shape index (κ1) is 13.7. The molecule has 102 valence electrons. The van der Waals surface area contributed by atoms with Crippen LogP contribution in [0.4, 0.5) is 4.39 Å². The fourth-order valence-electron chi connectivity index (χ4n) is 1.73. The highest BCUT2D eigenvalue weighted by molar-refractivity contribution is 7.89. The summed E-state index contributed by atoms with van der Waals surface area (Å²) < 4.78 is 38.9. The van der Waals surface area contributed by atoms with Crippen LogP contribution in [0.5, 0.6) is 0 Å². The van der Waals surface area contributed by atoms with Gasteiger partial charge in [0.05, 0.1) is 6.20 Å². The summed E-state index contributed by atoms with van der Waals surface area (Å²) in [6.07, 6.45) is 1.38. The van der Waals surface area contributed by atoms with Crippen LogP contribution in [-0.2, 0) is 16.6 Å². The SMILES string of the molecule is CCN(Cc1cccc(F)c1)S(=O)(=O)c1ccn[nH]1. The van der Waals surface area contributed by atoms with Crippen molar-refractivity contribution in [1.82, 2.24) is 14.5 Å². The average molecular weight is 283 g/mol. The number of sulfonamides is 1. The van der Waals surface area contributed by atoms with E-state index in [1.807, 2.05) is 0 Å². The van der Waals surface area contributed by atoms with Crippen molar-refractivity contribution in [3.05, 3.63) is 47.9 Å². The first-order chi connectivity index (χ1) is 9.04. The number of hydrogen-bond acceptors (Lipinski definition) is 3. The topological polar surface area (TPSA) is 66.1 Å². The van der Waals surface area contributed by atoms with E-state index in [1.54, 1.807) is 19.1 Å². The lowest BCUT2D eigenvalue weighted by atomic mass is 10.2. The second-order valence-corrected chi connectivity index (χ2v) is 5.89. The average Bonchev–Trinajstić information content (AvgIpc) is 2.90. The Hall–Kier alpha value is -1.73. The van der Waals surface area contributed by atoms with E-state index in [0.29, 0.717) is 5.56 Å². The Balaban J connectivity index is 2.26. The van der Waals surface area contributed by atoms with Crippen LogP contribution in [0.2, 0.25) is 0 Å². The van der Waals surface area contributed by atoms with Crippen molar-refractivity contribution in [2.45, 2.75) is 18.5 Å². The van der Waals surface area contributed by atoms with Crippen LogP contribution in [0.15, 0.2) is 41.6 Å². The van der Waals surface area contributed by atoms with Crippen LogP contribution in [0.25, 0.3) is 0 Å². The molecule has 0 aliphatic heterocycles. The number of hydrogen-bond donors (Lipinski definition) is 1. The Bertz CT molecular complexity index is 641. The number of halogens is 1. The number of nitrogens with one attached hydrogen (secondary N) is 1. The molecule has 1 aromatic carbocycles. The zero-order valence-electron chi connectivity index (χ0n) is 10.4. The van der Waals surface area contributed by atoms with Gasteiger partial charge in [0.25, 0.3) is 10.0 Å². The van der Waals surface area contributed by atoms with Crippen molar-refractivity contribution in [2.75, 3.05) is 6.54 Å². The van der Waals surface area contributed by atoms with Gasteiger partial charge < -0.3 is 0 Å². The maximum Gasteiger partial charge on any atom is 0.260 e. The van der Waals surface area contributed by atoms with E-state index in [9.17, 15) is 12.8 Å². The molecule has 0 spiro atoms. The van der Waals surface area contributed by atoms with Gasteiger partial charge in [-0.1, -0.05) is 19.1 Å². The molecule has 0 saturated carbocycles. The molecule has 0 amide bonds. The molecule has 7 heteroatoms. The number of nitrogens with zero attached hydrogens (tertiary/aromatic N) is 2. The van der Waals surface area contributed by atoms with Gasteiger partial charge in [0, 0.05) is 13.1 Å². The summed E-state index contributed by atoms with van der Waals surface area (Å²) in [7, 11) is -3.63. The second-order valence-electron chi connectivity index (χ2n) is 3.98. The van der Waals surface area contributed by atoms with Gasteiger partial charge >= 0.3 is 0 Å². The van der Waals surface area contributed by atoms with E-state index in [-0.39, 0.29) is 23.9 Å². The lowest BCUT2D eigenvalue weighted by Gasteiger charge is -2.19. The zero-order valence-corrected chi connectivity index (χ0v) is 11.2. The number of rotatable bonds is 5. The van der Waals surface area contributed by atoms with Crippen LogP contribution in [0, 0.1) is 5.82 Å². The summed E-state index contributed by atoms with van der Waals surface area (Å²) in [5, 5.41) is 6.10. The second kappa shape index (κ2) is 5.50. The molecule has 2 aromatic rings. The molecular weight excluding hydrogens is 269 g/mol. The molecule has 0 aliphatic carbocycles. The van der Waals surface area contributed by atoms with Crippen molar-refractivity contribution in [1.29, 1.82) is 0 Å². The van der Waals surface area contributed by atoms with Gasteiger partial charge in [0.15, 0.2) is 5.03 Å². The molecule has 19 heavy (non-hydrogen) atoms. The van der Waals surface area contributed by atoms with Crippen LogP contribution < -0.4 is 0 Å². The fourth-order valence-corrected chi connectivity index (χ4v) is 3.07. The number of H-pyrrole nitrogens is 1. The van der Waals surface area contributed by atoms with Crippen molar-refractivity contribution in [2.24, 2.45) is 0 Å². The normalized spacial score (nSPS) is 11.9. The molecule has 0 unspecified atom stereocenters. The molecular formula is C12H14FN3O2S. The molecule has 1 aromatic heterocycles. The van der Waals surface area contributed by atoms with E-state index < -0.39 is 10.0 Å². The predicted octanol–water partition coefficient (Wildman–Crippen LogP) is 1.76. The van der Waals surface area contributed by atoms with Gasteiger partial charge in [-0.25, -0.2) is 12.8 Å². The summed E-state index contributed by atoms with van der Waals surface area (Å²) in [5.41, 5.74) is 0.602. The van der Waals surface area contributed by atoms with Crippen molar-refractivity contribution >= 4 is 10.0 Å². The summed E-state index contributed by atoms with van der Waals surface area (Å²) in [6, 6.07) is 7.29. The fraction of sp³-hybridized carbons (Fsp3) is 0.250. The Morgan fingerprint density at radius 3 is 2.74 bits per heavy atom. The first-order valence-corrected chi connectivity index (χ1v) is 7.22. The van der Waals surface area contributed by atoms with E-state index >= 15 is 0 Å². The summed E-state index contributed by atoms with van der Waals surface area (Å²) >= 11 is 0. The van der Waals surface area contributed by atoms with Crippen LogP contribution in [0.1, 0.15) is 12.5 Å². The van der Waals surface area contributed by atoms with Crippen molar-refractivity contribution in [3.8, 4) is 0 Å². The third-order valence-corrected chi connectivity index (χ3v) is 4.54. The van der Waals surface area contributed by atoms with E-state index in [1.165, 1.54) is 28.7 Å². The molecule has 1 heterocycles. The maximum absolute atomic E-state index is 13.1. The predicted molar refractivity (Wildman–Crippen MR) is 68.3 cm³/mol. The Morgan fingerprint density at radius 2 is 2.16 bits per heavy atom. The standard InChI is InChI=1S/C12H14FN3O2S/c1-2-16(9-10-4-3-5-11(13)8-10)19(17,18)12-6-7-14-15-12/h3-8H,2,9H2,1H3,(H,14,15). The molecule has 0 aliphatic rings. The van der Waals surface area contributed by atoms with Crippen LogP contribution in [0.3, 0.4) is 0 Å². The minimum absolute atomic E-state index is 0.0331. The highest BCUT2D eigenvalue weighted by Crippen LogP contribution is 2.16. The van der Waals surface area contributed by atoms with E-state index in [2.05, 4.69) is 10.2 Å². The van der Waals surface area contributed by atoms with Crippen LogP contribution in [-0.4, -0.2) is 29.5 Å². The van der Waals surface area contributed by atoms with Gasteiger partial charge in [-0.3, -0.25) is 5.10 Å². The summed E-state index contributed by atoms with van der Waals surface area (Å²) in [6.45, 7) is 2.14. The molecule has 0 saturated heterocycles. The summed E-state index contributed by atoms with van der Waals surface area (Å²) in [4.78, 5) is 0. The van der Waals surface area contributed by atoms with Gasteiger partial charge in [-0.15, -0.1) is 0 Å². The Labute approximate surface area is 111 Å². The van der Waals surface area contributed by atoms with Crippen molar-refractivity contribution in [3.63, 3.8) is 0 Å². The highest BCUT2D eigenvalue weighted by atomic mass is 32.2. The molecule has 5 nitrogen and oxygen atoms in total. The Kier molecular flexibility index (Phi) is 3.96. The Morgan fingerprint density at radius 1 is 1.37 bits per heavy atom. The molecule has 0 bridgehead atoms. The van der Waals surface area contributed by atoms with Gasteiger partial charge in [-0.2, -0.15) is 9.40 Å². The highest BCUT2D eigenvalue weighted by Gasteiger charge is 2.24. The van der Waals surface area contributed by atoms with E-state index in [0.717, 1.165) is 0 Å². The minimum atomic E-state index is -3.63. The third-order valence-electron chi connectivity index (χ3n) is 2.69. The molecule has 0 fully saturated rings. The van der Waals surface area contributed by atoms with Gasteiger partial charge in [0.1, 0.15) is 5.82 Å².